The molecule has 0 radical (unpaired) electrons. The van der Waals surface area contributed by atoms with Gasteiger partial charge in [0.25, 0.3) is 0 Å². The van der Waals surface area contributed by atoms with Crippen molar-refractivity contribution in [1.29, 1.82) is 0 Å². The largest absolute Gasteiger partial charge is 0.493 e. The van der Waals surface area contributed by atoms with Crippen LogP contribution in [0.25, 0.3) is 33.4 Å². The van der Waals surface area contributed by atoms with E-state index in [2.05, 4.69) is 45.2 Å². The summed E-state index contributed by atoms with van der Waals surface area (Å²) in [5.74, 6) is -0.493. The fourth-order valence-electron chi connectivity index (χ4n) is 6.99. The van der Waals surface area contributed by atoms with Gasteiger partial charge in [-0.1, -0.05) is 100 Å². The Morgan fingerprint density at radius 2 is 1.19 bits per heavy atom. The molecule has 0 atom stereocenters. The Balaban J connectivity index is 1.75. The van der Waals surface area contributed by atoms with Crippen molar-refractivity contribution in [1.82, 2.24) is 0 Å². The molecule has 0 aliphatic carbocycles. The minimum atomic E-state index is -0.665. The normalized spacial score (nSPS) is 11.3. The van der Waals surface area contributed by atoms with E-state index >= 15 is 4.39 Å². The number of aliphatic hydroxyl groups excluding tert-OH is 2. The maximum atomic E-state index is 15.8. The van der Waals surface area contributed by atoms with Gasteiger partial charge in [-0.25, -0.2) is 14.0 Å². The van der Waals surface area contributed by atoms with Gasteiger partial charge in [-0.2, -0.15) is 0 Å². The van der Waals surface area contributed by atoms with E-state index in [1.807, 2.05) is 55.5 Å². The van der Waals surface area contributed by atoms with Gasteiger partial charge >= 0.3 is 11.9 Å². The van der Waals surface area contributed by atoms with Gasteiger partial charge in [0.15, 0.2) is 0 Å². The van der Waals surface area contributed by atoms with Gasteiger partial charge in [0, 0.05) is 22.1 Å². The Kier molecular flexibility index (Phi) is 17.5. The van der Waals surface area contributed by atoms with Crippen LogP contribution in [0, 0.1) is 18.2 Å². The number of unbranched alkanes of at least 4 members (excludes halogenated alkanes) is 1. The smallest absolute Gasteiger partial charge is 0.333 e. The number of carbonyl (C=O) groups is 2. The van der Waals surface area contributed by atoms with Crippen molar-refractivity contribution in [2.24, 2.45) is 5.41 Å². The first-order valence-electron chi connectivity index (χ1n) is 20.5. The number of esters is 2. The van der Waals surface area contributed by atoms with Crippen LogP contribution in [0.2, 0.25) is 0 Å². The van der Waals surface area contributed by atoms with E-state index in [1.165, 1.54) is 0 Å². The lowest BCUT2D eigenvalue weighted by Gasteiger charge is -2.30. The summed E-state index contributed by atoms with van der Waals surface area (Å²) < 4.78 is 33.3. The summed E-state index contributed by atoms with van der Waals surface area (Å²) in [5.41, 5.74) is 9.05. The summed E-state index contributed by atoms with van der Waals surface area (Å²) in [6.07, 6.45) is 5.77. The van der Waals surface area contributed by atoms with E-state index in [-0.39, 0.29) is 38.9 Å². The summed E-state index contributed by atoms with van der Waals surface area (Å²) in [4.78, 5) is 24.4. The second-order valence-corrected chi connectivity index (χ2v) is 15.5. The lowest BCUT2D eigenvalue weighted by molar-refractivity contribution is -0.139. The van der Waals surface area contributed by atoms with Gasteiger partial charge in [0.2, 0.25) is 0 Å². The summed E-state index contributed by atoms with van der Waals surface area (Å²) >= 11 is 0. The molecule has 7 nitrogen and oxygen atoms in total. The molecule has 4 aromatic rings. The zero-order valence-corrected chi connectivity index (χ0v) is 35.1. The molecule has 0 heterocycles. The van der Waals surface area contributed by atoms with Crippen LogP contribution >= 0.6 is 0 Å². The van der Waals surface area contributed by atoms with Gasteiger partial charge in [-0.15, -0.1) is 0 Å². The third-order valence-corrected chi connectivity index (χ3v) is 10.7. The lowest BCUT2D eigenvalue weighted by atomic mass is 9.81. The van der Waals surface area contributed by atoms with Crippen LogP contribution in [0.4, 0.5) is 4.39 Å². The zero-order valence-electron chi connectivity index (χ0n) is 35.1. The fourth-order valence-corrected chi connectivity index (χ4v) is 6.99. The molecule has 8 heteroatoms. The fraction of sp³-hybridized carbons (Fsp3) is 0.400. The van der Waals surface area contributed by atoms with Crippen LogP contribution in [0.5, 0.6) is 5.75 Å². The summed E-state index contributed by atoms with van der Waals surface area (Å²) in [7, 11) is 0. The van der Waals surface area contributed by atoms with Crippen molar-refractivity contribution in [2.75, 3.05) is 33.0 Å². The molecule has 0 amide bonds. The molecular weight excluding hydrogens is 732 g/mol. The highest BCUT2D eigenvalue weighted by Crippen LogP contribution is 2.38. The van der Waals surface area contributed by atoms with Crippen molar-refractivity contribution in [2.45, 2.75) is 92.4 Å². The summed E-state index contributed by atoms with van der Waals surface area (Å²) in [6.45, 7) is 17.1. The summed E-state index contributed by atoms with van der Waals surface area (Å²) in [5, 5.41) is 20.6. The van der Waals surface area contributed by atoms with E-state index in [0.717, 1.165) is 62.9 Å². The molecule has 310 valence electrons. The second kappa shape index (κ2) is 22.2. The molecule has 0 bridgehead atoms. The number of carbonyl (C=O) groups excluding carboxylic acids is 2. The van der Waals surface area contributed by atoms with Crippen LogP contribution in [0.3, 0.4) is 0 Å². The van der Waals surface area contributed by atoms with Crippen molar-refractivity contribution in [3.63, 3.8) is 0 Å². The molecule has 0 aliphatic heterocycles. The standard InChI is InChI=1S/C50H61FO7/c1-8-10-23-50(32-52,33-53)24-27-56-47-41(13-11-25-57-48(54)34(3)4)29-43(30-42(47)14-12-26-58-49(55)35(5)6)44-21-20-40(28-37(44)9-2)45-22-19-39(31-46(45)51)38-17-15-36(7)16-18-38/h15-22,28-31,52-53H,3,5,8-14,23-27,32-33H2,1-2,4,6-7H3. The van der Waals surface area contributed by atoms with E-state index < -0.39 is 17.4 Å². The number of hydrogen-bond acceptors (Lipinski definition) is 7. The predicted octanol–water partition coefficient (Wildman–Crippen LogP) is 10.7. The first kappa shape index (κ1) is 45.6. The first-order valence-corrected chi connectivity index (χ1v) is 20.5. The van der Waals surface area contributed by atoms with E-state index in [9.17, 15) is 19.8 Å². The molecule has 4 aromatic carbocycles. The van der Waals surface area contributed by atoms with Crippen molar-refractivity contribution >= 4 is 11.9 Å². The van der Waals surface area contributed by atoms with Crippen molar-refractivity contribution in [3.05, 3.63) is 125 Å². The zero-order chi connectivity index (χ0) is 42.2. The first-order chi connectivity index (χ1) is 27.8. The van der Waals surface area contributed by atoms with Crippen LogP contribution < -0.4 is 4.74 Å². The summed E-state index contributed by atoms with van der Waals surface area (Å²) in [6, 6.07) is 23.7. The monoisotopic (exact) mass is 792 g/mol. The molecule has 58 heavy (non-hydrogen) atoms. The molecule has 0 spiro atoms. The van der Waals surface area contributed by atoms with Crippen molar-refractivity contribution in [3.8, 4) is 39.1 Å². The molecule has 0 aromatic heterocycles. The molecule has 0 unspecified atom stereocenters. The van der Waals surface area contributed by atoms with Crippen LogP contribution in [0.15, 0.2) is 97.1 Å². The average Bonchev–Trinajstić information content (AvgIpc) is 3.22. The van der Waals surface area contributed by atoms with E-state index in [1.54, 1.807) is 19.9 Å². The Bertz CT molecular complexity index is 1970. The predicted molar refractivity (Wildman–Crippen MR) is 231 cm³/mol. The number of ether oxygens (including phenoxy) is 3. The number of halogens is 1. The third-order valence-electron chi connectivity index (χ3n) is 10.7. The van der Waals surface area contributed by atoms with Crippen LogP contribution in [-0.4, -0.2) is 55.2 Å². The van der Waals surface area contributed by atoms with Gasteiger partial charge in [0.1, 0.15) is 11.6 Å². The minimum absolute atomic E-state index is 0.149. The maximum Gasteiger partial charge on any atom is 0.333 e. The Labute approximate surface area is 344 Å². The molecule has 0 saturated heterocycles. The van der Waals surface area contributed by atoms with Gasteiger partial charge in [0.05, 0.1) is 33.0 Å². The molecule has 2 N–H and O–H groups in total. The Morgan fingerprint density at radius 3 is 1.71 bits per heavy atom. The number of hydrogen-bond donors (Lipinski definition) is 2. The average molecular weight is 793 g/mol. The molecular formula is C50H61FO7. The minimum Gasteiger partial charge on any atom is -0.493 e. The van der Waals surface area contributed by atoms with Gasteiger partial charge in [-0.05, 0) is 128 Å². The molecule has 0 saturated carbocycles. The Morgan fingerprint density at radius 1 is 0.655 bits per heavy atom. The van der Waals surface area contributed by atoms with Crippen LogP contribution in [0.1, 0.15) is 88.5 Å². The van der Waals surface area contributed by atoms with E-state index in [4.69, 9.17) is 14.2 Å². The third kappa shape index (κ3) is 12.5. The highest BCUT2D eigenvalue weighted by molar-refractivity contribution is 5.87. The highest BCUT2D eigenvalue weighted by Gasteiger charge is 2.28. The Hall–Kier alpha value is -5.05. The number of benzene rings is 4. The van der Waals surface area contributed by atoms with Crippen molar-refractivity contribution < 1.29 is 38.4 Å². The number of rotatable bonds is 23. The van der Waals surface area contributed by atoms with Gasteiger partial charge < -0.3 is 24.4 Å². The maximum absolute atomic E-state index is 15.8. The molecule has 4 rings (SSSR count). The highest BCUT2D eigenvalue weighted by atomic mass is 19.1. The quantitative estimate of drug-likeness (QED) is 0.0438. The number of aryl methyl sites for hydroxylation is 4. The second-order valence-electron chi connectivity index (χ2n) is 15.5. The SMILES string of the molecule is C=C(C)C(=O)OCCCc1cc(-c2ccc(-c3ccc(-c4ccc(C)cc4)cc3F)cc2CC)cc(CCCOC(=O)C(=C)C)c1OCCC(CO)(CO)CCCC. The topological polar surface area (TPSA) is 102 Å². The lowest BCUT2D eigenvalue weighted by Crippen LogP contribution is -2.32. The van der Waals surface area contributed by atoms with Gasteiger partial charge in [-0.3, -0.25) is 0 Å². The molecule has 0 aliphatic rings. The van der Waals surface area contributed by atoms with E-state index in [0.29, 0.717) is 67.4 Å². The van der Waals surface area contributed by atoms with Crippen LogP contribution in [-0.2, 0) is 38.3 Å². The number of aliphatic hydroxyl groups is 2. The molecule has 0 fully saturated rings.